The molecule has 22 heavy (non-hydrogen) atoms. The molecule has 118 valence electrons. The quantitative estimate of drug-likeness (QED) is 0.814. The number of likely N-dealkylation sites (tertiary alicyclic amines) is 1. The minimum Gasteiger partial charge on any atom is -0.485 e. The van der Waals surface area contributed by atoms with Gasteiger partial charge in [0.1, 0.15) is 6.61 Å². The van der Waals surface area contributed by atoms with E-state index in [9.17, 15) is 14.7 Å². The van der Waals surface area contributed by atoms with Crippen molar-refractivity contribution in [2.24, 2.45) is 0 Å². The van der Waals surface area contributed by atoms with Crippen molar-refractivity contribution < 1.29 is 29.3 Å². The van der Waals surface area contributed by atoms with E-state index in [0.717, 1.165) is 0 Å². The lowest BCUT2D eigenvalue weighted by molar-refractivity contribution is -0.166. The van der Waals surface area contributed by atoms with Gasteiger partial charge in [0.15, 0.2) is 17.1 Å². The number of benzene rings is 1. The van der Waals surface area contributed by atoms with Crippen molar-refractivity contribution in [3.63, 3.8) is 0 Å². The number of carboxylic acid groups (broad SMARTS) is 1. The van der Waals surface area contributed by atoms with E-state index >= 15 is 0 Å². The largest absolute Gasteiger partial charge is 0.485 e. The van der Waals surface area contributed by atoms with Crippen molar-refractivity contribution in [1.82, 2.24) is 4.90 Å². The summed E-state index contributed by atoms with van der Waals surface area (Å²) in [6.45, 7) is 0.488. The summed E-state index contributed by atoms with van der Waals surface area (Å²) in [4.78, 5) is 24.9. The third kappa shape index (κ3) is 2.59. The third-order valence-corrected chi connectivity index (χ3v) is 4.08. The lowest BCUT2D eigenvalue weighted by atomic mass is 9.91. The Labute approximate surface area is 127 Å². The van der Waals surface area contributed by atoms with Crippen LogP contribution >= 0.6 is 0 Å². The van der Waals surface area contributed by atoms with Crippen LogP contribution in [0.5, 0.6) is 11.5 Å². The van der Waals surface area contributed by atoms with Crippen LogP contribution in [0, 0.1) is 0 Å². The van der Waals surface area contributed by atoms with Crippen LogP contribution in [0.25, 0.3) is 0 Å². The lowest BCUT2D eigenvalue weighted by Crippen LogP contribution is -2.54. The van der Waals surface area contributed by atoms with Gasteiger partial charge in [0.25, 0.3) is 5.91 Å². The Morgan fingerprint density at radius 1 is 1.18 bits per heavy atom. The van der Waals surface area contributed by atoms with Crippen molar-refractivity contribution in [1.29, 1.82) is 0 Å². The fourth-order valence-electron chi connectivity index (χ4n) is 2.66. The van der Waals surface area contributed by atoms with Crippen LogP contribution < -0.4 is 9.47 Å². The number of para-hydroxylation sites is 2. The van der Waals surface area contributed by atoms with E-state index in [1.54, 1.807) is 18.2 Å². The molecule has 2 N–H and O–H groups in total. The molecule has 0 aliphatic carbocycles. The van der Waals surface area contributed by atoms with Crippen LogP contribution in [0.2, 0.25) is 0 Å². The van der Waals surface area contributed by atoms with Gasteiger partial charge < -0.3 is 24.6 Å². The number of carbonyl (C=O) groups is 2. The van der Waals surface area contributed by atoms with Crippen LogP contribution in [0.4, 0.5) is 0 Å². The average molecular weight is 307 g/mol. The van der Waals surface area contributed by atoms with E-state index in [1.165, 1.54) is 4.90 Å². The number of aliphatic hydroxyl groups is 1. The highest BCUT2D eigenvalue weighted by Gasteiger charge is 2.42. The smallest absolute Gasteiger partial charge is 0.335 e. The van der Waals surface area contributed by atoms with Crippen LogP contribution in [0.15, 0.2) is 24.3 Å². The molecule has 1 unspecified atom stereocenters. The molecule has 0 bridgehead atoms. The van der Waals surface area contributed by atoms with Gasteiger partial charge in [-0.1, -0.05) is 12.1 Å². The number of carbonyl (C=O) groups excluding carboxylic acids is 1. The molecular weight excluding hydrogens is 290 g/mol. The molecule has 7 nitrogen and oxygen atoms in total. The number of amides is 1. The Kier molecular flexibility index (Phi) is 3.66. The van der Waals surface area contributed by atoms with Crippen LogP contribution in [0.1, 0.15) is 12.8 Å². The van der Waals surface area contributed by atoms with Gasteiger partial charge in [0.2, 0.25) is 6.10 Å². The van der Waals surface area contributed by atoms with Crippen LogP contribution in [-0.4, -0.2) is 58.4 Å². The van der Waals surface area contributed by atoms with Crippen molar-refractivity contribution in [3.05, 3.63) is 24.3 Å². The molecule has 0 radical (unpaired) electrons. The number of hydrogen-bond donors (Lipinski definition) is 2. The second-order valence-electron chi connectivity index (χ2n) is 5.53. The van der Waals surface area contributed by atoms with E-state index in [2.05, 4.69) is 0 Å². The summed E-state index contributed by atoms with van der Waals surface area (Å²) in [5.41, 5.74) is -1.74. The molecular formula is C15H17NO6. The molecule has 7 heteroatoms. The van der Waals surface area contributed by atoms with Gasteiger partial charge in [-0.2, -0.15) is 0 Å². The topological polar surface area (TPSA) is 96.3 Å². The Morgan fingerprint density at radius 2 is 1.82 bits per heavy atom. The summed E-state index contributed by atoms with van der Waals surface area (Å²) in [7, 11) is 0. The van der Waals surface area contributed by atoms with E-state index in [4.69, 9.17) is 14.6 Å². The number of hydrogen-bond acceptors (Lipinski definition) is 5. The highest BCUT2D eigenvalue weighted by Crippen LogP contribution is 2.32. The minimum atomic E-state index is -1.74. The fourth-order valence-corrected chi connectivity index (χ4v) is 2.66. The number of carboxylic acids is 1. The van der Waals surface area contributed by atoms with Crippen molar-refractivity contribution in [2.45, 2.75) is 24.5 Å². The van der Waals surface area contributed by atoms with Gasteiger partial charge in [0.05, 0.1) is 0 Å². The highest BCUT2D eigenvalue weighted by atomic mass is 16.6. The average Bonchev–Trinajstić information content (AvgIpc) is 2.54. The molecule has 0 saturated carbocycles. The standard InChI is InChI=1S/C15H17NO6/c17-13(16-7-5-15(20,6-8-16)14(18)19)12-9-21-10-3-1-2-4-11(10)22-12/h1-4,12,20H,5-9H2,(H,18,19). The molecule has 2 aliphatic heterocycles. The minimum absolute atomic E-state index is 0.0121. The molecule has 1 aromatic carbocycles. The van der Waals surface area contributed by atoms with Gasteiger partial charge >= 0.3 is 5.97 Å². The summed E-state index contributed by atoms with van der Waals surface area (Å²) >= 11 is 0. The van der Waals surface area contributed by atoms with Gasteiger partial charge in [-0.05, 0) is 12.1 Å². The Morgan fingerprint density at radius 3 is 2.45 bits per heavy atom. The number of fused-ring (bicyclic) bond motifs is 1. The summed E-state index contributed by atoms with van der Waals surface area (Å²) in [5, 5.41) is 18.9. The molecule has 0 aromatic heterocycles. The SMILES string of the molecule is O=C(C1COc2ccccc2O1)N1CCC(O)(C(=O)O)CC1. The first-order valence-corrected chi connectivity index (χ1v) is 7.13. The second kappa shape index (κ2) is 5.49. The molecule has 1 amide bonds. The molecule has 2 aliphatic rings. The van der Waals surface area contributed by atoms with Gasteiger partial charge in [-0.3, -0.25) is 4.79 Å². The first kappa shape index (κ1) is 14.6. The van der Waals surface area contributed by atoms with Crippen molar-refractivity contribution in [3.8, 4) is 11.5 Å². The maximum absolute atomic E-state index is 12.4. The maximum Gasteiger partial charge on any atom is 0.335 e. The number of aliphatic carboxylic acids is 1. The van der Waals surface area contributed by atoms with E-state index < -0.39 is 17.7 Å². The molecule has 1 aromatic rings. The van der Waals surface area contributed by atoms with Crippen LogP contribution in [-0.2, 0) is 9.59 Å². The van der Waals surface area contributed by atoms with Crippen molar-refractivity contribution >= 4 is 11.9 Å². The molecule has 0 spiro atoms. The monoisotopic (exact) mass is 307 g/mol. The number of nitrogens with zero attached hydrogens (tertiary/aromatic N) is 1. The number of piperidine rings is 1. The number of ether oxygens (including phenoxy) is 2. The normalized spacial score (nSPS) is 23.0. The van der Waals surface area contributed by atoms with E-state index in [1.807, 2.05) is 6.07 Å². The predicted octanol–water partition coefficient (Wildman–Crippen LogP) is 0.265. The summed E-state index contributed by atoms with van der Waals surface area (Å²) in [6.07, 6.45) is -0.720. The lowest BCUT2D eigenvalue weighted by Gasteiger charge is -2.37. The Bertz CT molecular complexity index is 593. The predicted molar refractivity (Wildman–Crippen MR) is 74.8 cm³/mol. The van der Waals surface area contributed by atoms with Gasteiger partial charge in [-0.15, -0.1) is 0 Å². The molecule has 3 rings (SSSR count). The number of rotatable bonds is 2. The Hall–Kier alpha value is -2.28. The first-order chi connectivity index (χ1) is 10.5. The molecule has 1 fully saturated rings. The Balaban J connectivity index is 1.63. The maximum atomic E-state index is 12.4. The van der Waals surface area contributed by atoms with Gasteiger partial charge in [0, 0.05) is 25.9 Å². The second-order valence-corrected chi connectivity index (χ2v) is 5.53. The highest BCUT2D eigenvalue weighted by molar-refractivity contribution is 5.83. The zero-order chi connectivity index (χ0) is 15.7. The summed E-state index contributed by atoms with van der Waals surface area (Å²) < 4.78 is 11.2. The summed E-state index contributed by atoms with van der Waals surface area (Å²) in [6, 6.07) is 7.11. The summed E-state index contributed by atoms with van der Waals surface area (Å²) in [5.74, 6) is -0.371. The zero-order valence-electron chi connectivity index (χ0n) is 11.9. The molecule has 1 atom stereocenters. The molecule has 2 heterocycles. The van der Waals surface area contributed by atoms with Gasteiger partial charge in [-0.25, -0.2) is 4.79 Å². The zero-order valence-corrected chi connectivity index (χ0v) is 11.9. The van der Waals surface area contributed by atoms with E-state index in [0.29, 0.717) is 11.5 Å². The van der Waals surface area contributed by atoms with E-state index in [-0.39, 0.29) is 38.4 Å². The van der Waals surface area contributed by atoms with Crippen LogP contribution in [0.3, 0.4) is 0 Å². The fraction of sp³-hybridized carbons (Fsp3) is 0.467. The first-order valence-electron chi connectivity index (χ1n) is 7.13. The third-order valence-electron chi connectivity index (χ3n) is 4.08. The van der Waals surface area contributed by atoms with Crippen molar-refractivity contribution in [2.75, 3.05) is 19.7 Å². The molecule has 1 saturated heterocycles.